The number of benzene rings is 1. The van der Waals surface area contributed by atoms with Gasteiger partial charge in [-0.3, -0.25) is 0 Å². The molecular weight excluding hydrogens is 264 g/mol. The van der Waals surface area contributed by atoms with Gasteiger partial charge in [-0.15, -0.1) is 11.3 Å². The molecule has 2 aromatic rings. The number of hydrogen-bond donors (Lipinski definition) is 1. The molecule has 0 bridgehead atoms. The largest absolute Gasteiger partial charge is 0.371 e. The molecule has 3 heteroatoms. The molecule has 1 aromatic heterocycles. The van der Waals surface area contributed by atoms with Crippen molar-refractivity contribution in [3.05, 3.63) is 51.7 Å². The third kappa shape index (κ3) is 4.36. The van der Waals surface area contributed by atoms with Crippen molar-refractivity contribution in [2.75, 3.05) is 24.5 Å². The Balaban J connectivity index is 1.79. The summed E-state index contributed by atoms with van der Waals surface area (Å²) < 4.78 is 0. The number of aryl methyl sites for hydroxylation is 2. The van der Waals surface area contributed by atoms with Gasteiger partial charge in [0.15, 0.2) is 0 Å². The third-order valence-electron chi connectivity index (χ3n) is 3.40. The standard InChI is InChI=1S/C17H24N2S/c1-4-19(16-7-5-6-14(2)12-16)11-10-18-13-17-9-8-15(3)20-17/h5-9,12,18H,4,10-11,13H2,1-3H3. The highest BCUT2D eigenvalue weighted by Crippen LogP contribution is 2.16. The van der Waals surface area contributed by atoms with Gasteiger partial charge in [0.25, 0.3) is 0 Å². The maximum absolute atomic E-state index is 3.53. The number of likely N-dealkylation sites (N-methyl/N-ethyl adjacent to an activating group) is 1. The van der Waals surface area contributed by atoms with E-state index in [0.717, 1.165) is 26.2 Å². The molecule has 0 atom stereocenters. The van der Waals surface area contributed by atoms with Crippen LogP contribution in [0.1, 0.15) is 22.2 Å². The summed E-state index contributed by atoms with van der Waals surface area (Å²) in [4.78, 5) is 5.22. The van der Waals surface area contributed by atoms with Gasteiger partial charge >= 0.3 is 0 Å². The van der Waals surface area contributed by atoms with Crippen LogP contribution in [0, 0.1) is 13.8 Å². The van der Waals surface area contributed by atoms with Crippen LogP contribution in [0.25, 0.3) is 0 Å². The van der Waals surface area contributed by atoms with E-state index in [1.807, 2.05) is 11.3 Å². The first kappa shape index (κ1) is 15.1. The molecule has 0 saturated carbocycles. The molecule has 1 heterocycles. The van der Waals surface area contributed by atoms with Gasteiger partial charge in [-0.1, -0.05) is 12.1 Å². The van der Waals surface area contributed by atoms with Gasteiger partial charge in [0.2, 0.25) is 0 Å². The van der Waals surface area contributed by atoms with Gasteiger partial charge in [-0.05, 0) is 50.6 Å². The first-order valence-electron chi connectivity index (χ1n) is 7.26. The molecular formula is C17H24N2S. The number of rotatable bonds is 7. The van der Waals surface area contributed by atoms with Crippen molar-refractivity contribution >= 4 is 17.0 Å². The highest BCUT2D eigenvalue weighted by molar-refractivity contribution is 7.11. The van der Waals surface area contributed by atoms with E-state index in [-0.39, 0.29) is 0 Å². The topological polar surface area (TPSA) is 15.3 Å². The Morgan fingerprint density at radius 3 is 2.65 bits per heavy atom. The number of nitrogens with zero attached hydrogens (tertiary/aromatic N) is 1. The average Bonchev–Trinajstić information content (AvgIpc) is 2.84. The lowest BCUT2D eigenvalue weighted by molar-refractivity contribution is 0.670. The van der Waals surface area contributed by atoms with Crippen LogP contribution in [0.3, 0.4) is 0 Å². The minimum absolute atomic E-state index is 0.976. The lowest BCUT2D eigenvalue weighted by atomic mass is 10.2. The molecule has 0 aliphatic rings. The van der Waals surface area contributed by atoms with E-state index in [1.165, 1.54) is 21.0 Å². The van der Waals surface area contributed by atoms with Crippen molar-refractivity contribution in [2.45, 2.75) is 27.3 Å². The molecule has 0 spiro atoms. The van der Waals surface area contributed by atoms with Crippen LogP contribution in [-0.2, 0) is 6.54 Å². The zero-order valence-electron chi connectivity index (χ0n) is 12.6. The lowest BCUT2D eigenvalue weighted by Crippen LogP contribution is -2.31. The van der Waals surface area contributed by atoms with Crippen molar-refractivity contribution in [1.29, 1.82) is 0 Å². The summed E-state index contributed by atoms with van der Waals surface area (Å²) in [5.74, 6) is 0. The zero-order chi connectivity index (χ0) is 14.4. The predicted octanol–water partition coefficient (Wildman–Crippen LogP) is 3.98. The van der Waals surface area contributed by atoms with Crippen LogP contribution in [0.15, 0.2) is 36.4 Å². The van der Waals surface area contributed by atoms with Crippen LogP contribution in [0.5, 0.6) is 0 Å². The van der Waals surface area contributed by atoms with Gasteiger partial charge in [0.05, 0.1) is 0 Å². The predicted molar refractivity (Wildman–Crippen MR) is 89.8 cm³/mol. The Morgan fingerprint density at radius 1 is 1.15 bits per heavy atom. The van der Waals surface area contributed by atoms with Crippen molar-refractivity contribution in [3.63, 3.8) is 0 Å². The molecule has 2 rings (SSSR count). The molecule has 0 amide bonds. The molecule has 0 aliphatic carbocycles. The summed E-state index contributed by atoms with van der Waals surface area (Å²) in [6.07, 6.45) is 0. The smallest absolute Gasteiger partial charge is 0.0369 e. The monoisotopic (exact) mass is 288 g/mol. The number of hydrogen-bond acceptors (Lipinski definition) is 3. The molecule has 1 aromatic carbocycles. The minimum Gasteiger partial charge on any atom is -0.371 e. The second-order valence-corrected chi connectivity index (χ2v) is 6.48. The maximum Gasteiger partial charge on any atom is 0.0369 e. The Hall–Kier alpha value is -1.32. The SMILES string of the molecule is CCN(CCNCc1ccc(C)s1)c1cccc(C)c1. The van der Waals surface area contributed by atoms with E-state index in [9.17, 15) is 0 Å². The molecule has 108 valence electrons. The van der Waals surface area contributed by atoms with Crippen molar-refractivity contribution in [3.8, 4) is 0 Å². The summed E-state index contributed by atoms with van der Waals surface area (Å²) in [6.45, 7) is 10.6. The van der Waals surface area contributed by atoms with E-state index in [4.69, 9.17) is 0 Å². The van der Waals surface area contributed by atoms with Crippen LogP contribution in [0.2, 0.25) is 0 Å². The normalized spacial score (nSPS) is 10.8. The molecule has 0 unspecified atom stereocenters. The van der Waals surface area contributed by atoms with E-state index < -0.39 is 0 Å². The van der Waals surface area contributed by atoms with Crippen LogP contribution in [-0.4, -0.2) is 19.6 Å². The Kier molecular flexibility index (Phi) is 5.62. The third-order valence-corrected chi connectivity index (χ3v) is 4.40. The fourth-order valence-electron chi connectivity index (χ4n) is 2.30. The zero-order valence-corrected chi connectivity index (χ0v) is 13.5. The second kappa shape index (κ2) is 7.46. The first-order chi connectivity index (χ1) is 9.69. The molecule has 2 nitrogen and oxygen atoms in total. The van der Waals surface area contributed by atoms with Crippen molar-refractivity contribution < 1.29 is 0 Å². The van der Waals surface area contributed by atoms with Gasteiger partial charge in [0, 0.05) is 41.6 Å². The quantitative estimate of drug-likeness (QED) is 0.775. The number of thiophene rings is 1. The molecule has 0 saturated heterocycles. The number of nitrogens with one attached hydrogen (secondary N) is 1. The molecule has 1 N–H and O–H groups in total. The Morgan fingerprint density at radius 2 is 2.00 bits per heavy atom. The van der Waals surface area contributed by atoms with Crippen molar-refractivity contribution in [1.82, 2.24) is 5.32 Å². The summed E-state index contributed by atoms with van der Waals surface area (Å²) in [5.41, 5.74) is 2.64. The summed E-state index contributed by atoms with van der Waals surface area (Å²) in [7, 11) is 0. The fraction of sp³-hybridized carbons (Fsp3) is 0.412. The maximum atomic E-state index is 3.53. The second-order valence-electron chi connectivity index (χ2n) is 5.11. The number of anilines is 1. The summed E-state index contributed by atoms with van der Waals surface area (Å²) in [5, 5.41) is 3.53. The average molecular weight is 288 g/mol. The highest BCUT2D eigenvalue weighted by Gasteiger charge is 2.04. The van der Waals surface area contributed by atoms with Gasteiger partial charge in [-0.25, -0.2) is 0 Å². The Bertz CT molecular complexity index is 533. The molecule has 20 heavy (non-hydrogen) atoms. The molecule has 0 aliphatic heterocycles. The van der Waals surface area contributed by atoms with E-state index in [1.54, 1.807) is 0 Å². The molecule has 0 fully saturated rings. The van der Waals surface area contributed by atoms with Gasteiger partial charge in [0.1, 0.15) is 0 Å². The Labute approximate surface area is 126 Å². The highest BCUT2D eigenvalue weighted by atomic mass is 32.1. The van der Waals surface area contributed by atoms with Gasteiger partial charge < -0.3 is 10.2 Å². The van der Waals surface area contributed by atoms with Crippen LogP contribution in [0.4, 0.5) is 5.69 Å². The van der Waals surface area contributed by atoms with E-state index >= 15 is 0 Å². The first-order valence-corrected chi connectivity index (χ1v) is 8.08. The van der Waals surface area contributed by atoms with Crippen LogP contribution >= 0.6 is 11.3 Å². The molecule has 0 radical (unpaired) electrons. The lowest BCUT2D eigenvalue weighted by Gasteiger charge is -2.23. The van der Waals surface area contributed by atoms with E-state index in [0.29, 0.717) is 0 Å². The minimum atomic E-state index is 0.976. The van der Waals surface area contributed by atoms with Crippen LogP contribution < -0.4 is 10.2 Å². The van der Waals surface area contributed by atoms with Crippen molar-refractivity contribution in [2.24, 2.45) is 0 Å². The summed E-state index contributed by atoms with van der Waals surface area (Å²) >= 11 is 1.87. The van der Waals surface area contributed by atoms with Gasteiger partial charge in [-0.2, -0.15) is 0 Å². The summed E-state index contributed by atoms with van der Waals surface area (Å²) in [6, 6.07) is 13.1. The van der Waals surface area contributed by atoms with E-state index in [2.05, 4.69) is 67.4 Å². The fourth-order valence-corrected chi connectivity index (χ4v) is 3.16.